The van der Waals surface area contributed by atoms with Crippen molar-refractivity contribution < 1.29 is 4.74 Å². The summed E-state index contributed by atoms with van der Waals surface area (Å²) < 4.78 is 5.76. The van der Waals surface area contributed by atoms with E-state index in [0.29, 0.717) is 6.04 Å². The van der Waals surface area contributed by atoms with Crippen LogP contribution < -0.4 is 10.1 Å². The van der Waals surface area contributed by atoms with Crippen molar-refractivity contribution in [1.29, 1.82) is 0 Å². The van der Waals surface area contributed by atoms with Crippen molar-refractivity contribution in [2.24, 2.45) is 0 Å². The van der Waals surface area contributed by atoms with Crippen molar-refractivity contribution in [2.45, 2.75) is 19.4 Å². The van der Waals surface area contributed by atoms with E-state index >= 15 is 0 Å². The Balaban J connectivity index is 1.82. The lowest BCUT2D eigenvalue weighted by Crippen LogP contribution is -2.18. The van der Waals surface area contributed by atoms with Gasteiger partial charge in [-0.3, -0.25) is 0 Å². The summed E-state index contributed by atoms with van der Waals surface area (Å²) in [6.07, 6.45) is 0.977. The quantitative estimate of drug-likeness (QED) is 0.854. The molecule has 0 saturated heterocycles. The van der Waals surface area contributed by atoms with Crippen LogP contribution in [0.4, 0.5) is 0 Å². The normalized spacial score (nSPS) is 12.3. The van der Waals surface area contributed by atoms with Crippen LogP contribution in [-0.2, 0) is 0 Å². The molecule has 1 heterocycles. The van der Waals surface area contributed by atoms with Gasteiger partial charge in [0.05, 0.1) is 6.61 Å². The van der Waals surface area contributed by atoms with Crippen LogP contribution in [0, 0.1) is 6.92 Å². The molecule has 0 spiro atoms. The van der Waals surface area contributed by atoms with Gasteiger partial charge in [0.25, 0.3) is 0 Å². The van der Waals surface area contributed by atoms with E-state index in [2.05, 4.69) is 41.9 Å². The minimum Gasteiger partial charge on any atom is -0.494 e. The lowest BCUT2D eigenvalue weighted by molar-refractivity contribution is 0.291. The van der Waals surface area contributed by atoms with Gasteiger partial charge in [0.1, 0.15) is 5.75 Å². The molecule has 96 valence electrons. The number of benzene rings is 1. The van der Waals surface area contributed by atoms with E-state index in [1.807, 2.05) is 19.2 Å². The minimum atomic E-state index is 0.385. The summed E-state index contributed by atoms with van der Waals surface area (Å²) >= 11 is 1.79. The van der Waals surface area contributed by atoms with Crippen LogP contribution >= 0.6 is 11.3 Å². The highest BCUT2D eigenvalue weighted by molar-refractivity contribution is 7.10. The zero-order chi connectivity index (χ0) is 12.8. The standard InChI is InChI=1S/C15H19NOS/c1-12-5-7-13(8-6-12)17-10-9-14(16-2)15-4-3-11-18-15/h3-8,11,14,16H,9-10H2,1-2H3. The molecule has 0 amide bonds. The number of hydrogen-bond donors (Lipinski definition) is 1. The highest BCUT2D eigenvalue weighted by Gasteiger charge is 2.09. The van der Waals surface area contributed by atoms with Gasteiger partial charge in [0.2, 0.25) is 0 Å². The van der Waals surface area contributed by atoms with Gasteiger partial charge in [-0.15, -0.1) is 11.3 Å². The van der Waals surface area contributed by atoms with Gasteiger partial charge in [-0.25, -0.2) is 0 Å². The monoisotopic (exact) mass is 261 g/mol. The summed E-state index contributed by atoms with van der Waals surface area (Å²) in [5.74, 6) is 0.946. The highest BCUT2D eigenvalue weighted by Crippen LogP contribution is 2.22. The predicted molar refractivity (Wildman–Crippen MR) is 77.4 cm³/mol. The van der Waals surface area contributed by atoms with Crippen LogP contribution in [0.2, 0.25) is 0 Å². The van der Waals surface area contributed by atoms with Gasteiger partial charge >= 0.3 is 0 Å². The fourth-order valence-corrected chi connectivity index (χ4v) is 2.72. The first kappa shape index (κ1) is 13.1. The number of rotatable bonds is 6. The Hall–Kier alpha value is -1.32. The first-order valence-electron chi connectivity index (χ1n) is 6.19. The Morgan fingerprint density at radius 2 is 2.00 bits per heavy atom. The van der Waals surface area contributed by atoms with E-state index in [1.54, 1.807) is 11.3 Å². The smallest absolute Gasteiger partial charge is 0.119 e. The third-order valence-corrected chi connectivity index (χ3v) is 3.92. The molecule has 2 aromatic rings. The molecule has 0 radical (unpaired) electrons. The molecule has 1 atom stereocenters. The first-order valence-corrected chi connectivity index (χ1v) is 7.07. The van der Waals surface area contributed by atoms with Crippen molar-refractivity contribution in [3.8, 4) is 5.75 Å². The second-order valence-electron chi connectivity index (χ2n) is 4.31. The van der Waals surface area contributed by atoms with Gasteiger partial charge in [0, 0.05) is 17.3 Å². The average Bonchev–Trinajstić information content (AvgIpc) is 2.91. The van der Waals surface area contributed by atoms with Crippen molar-refractivity contribution in [3.05, 3.63) is 52.2 Å². The molecule has 2 nitrogen and oxygen atoms in total. The summed E-state index contributed by atoms with van der Waals surface area (Å²) in [4.78, 5) is 1.37. The molecule has 0 saturated carbocycles. The Labute approximate surface area is 113 Å². The summed E-state index contributed by atoms with van der Waals surface area (Å²) in [5.41, 5.74) is 1.26. The Kier molecular flexibility index (Phi) is 4.79. The summed E-state index contributed by atoms with van der Waals surface area (Å²) in [6, 6.07) is 12.8. The van der Waals surface area contributed by atoms with Crippen molar-refractivity contribution in [3.63, 3.8) is 0 Å². The molecular weight excluding hydrogens is 242 g/mol. The number of ether oxygens (including phenoxy) is 1. The van der Waals surface area contributed by atoms with Gasteiger partial charge in [-0.05, 0) is 37.6 Å². The minimum absolute atomic E-state index is 0.385. The van der Waals surface area contributed by atoms with Crippen LogP contribution in [0.25, 0.3) is 0 Å². The zero-order valence-electron chi connectivity index (χ0n) is 10.8. The number of hydrogen-bond acceptors (Lipinski definition) is 3. The zero-order valence-corrected chi connectivity index (χ0v) is 11.7. The predicted octanol–water partition coefficient (Wildman–Crippen LogP) is 3.79. The molecule has 1 unspecified atom stereocenters. The van der Waals surface area contributed by atoms with Crippen LogP contribution in [0.5, 0.6) is 5.75 Å². The summed E-state index contributed by atoms with van der Waals surface area (Å²) in [7, 11) is 2.00. The molecule has 1 N–H and O–H groups in total. The van der Waals surface area contributed by atoms with E-state index in [9.17, 15) is 0 Å². The van der Waals surface area contributed by atoms with Crippen LogP contribution in [0.15, 0.2) is 41.8 Å². The molecule has 2 rings (SSSR count). The van der Waals surface area contributed by atoms with Crippen molar-refractivity contribution in [2.75, 3.05) is 13.7 Å². The fraction of sp³-hybridized carbons (Fsp3) is 0.333. The van der Waals surface area contributed by atoms with Crippen LogP contribution in [0.3, 0.4) is 0 Å². The summed E-state index contributed by atoms with van der Waals surface area (Å²) in [6.45, 7) is 2.81. The maximum absolute atomic E-state index is 5.76. The molecule has 0 bridgehead atoms. The van der Waals surface area contributed by atoms with E-state index in [4.69, 9.17) is 4.74 Å². The van der Waals surface area contributed by atoms with Gasteiger partial charge in [-0.1, -0.05) is 23.8 Å². The highest BCUT2D eigenvalue weighted by atomic mass is 32.1. The van der Waals surface area contributed by atoms with E-state index in [1.165, 1.54) is 10.4 Å². The number of aryl methyl sites for hydroxylation is 1. The van der Waals surface area contributed by atoms with E-state index < -0.39 is 0 Å². The number of nitrogens with one attached hydrogen (secondary N) is 1. The Bertz CT molecular complexity index is 450. The molecule has 3 heteroatoms. The van der Waals surface area contributed by atoms with Crippen LogP contribution in [0.1, 0.15) is 22.9 Å². The Morgan fingerprint density at radius 3 is 2.61 bits per heavy atom. The maximum atomic E-state index is 5.76. The molecule has 0 aliphatic rings. The topological polar surface area (TPSA) is 21.3 Å². The number of thiophene rings is 1. The van der Waals surface area contributed by atoms with Gasteiger partial charge < -0.3 is 10.1 Å². The molecule has 1 aromatic carbocycles. The SMILES string of the molecule is CNC(CCOc1ccc(C)cc1)c1cccs1. The largest absolute Gasteiger partial charge is 0.494 e. The molecule has 1 aromatic heterocycles. The molecular formula is C15H19NOS. The first-order chi connectivity index (χ1) is 8.79. The Morgan fingerprint density at radius 1 is 1.22 bits per heavy atom. The molecule has 0 aliphatic carbocycles. The lowest BCUT2D eigenvalue weighted by Gasteiger charge is -2.15. The molecule has 0 aliphatic heterocycles. The van der Waals surface area contributed by atoms with Crippen LogP contribution in [-0.4, -0.2) is 13.7 Å². The fourth-order valence-electron chi connectivity index (χ4n) is 1.85. The molecule has 0 fully saturated rings. The second kappa shape index (κ2) is 6.57. The van der Waals surface area contributed by atoms with Crippen molar-refractivity contribution >= 4 is 11.3 Å². The lowest BCUT2D eigenvalue weighted by atomic mass is 10.2. The van der Waals surface area contributed by atoms with Gasteiger partial charge in [0.15, 0.2) is 0 Å². The second-order valence-corrected chi connectivity index (χ2v) is 5.29. The van der Waals surface area contributed by atoms with E-state index in [0.717, 1.165) is 18.8 Å². The maximum Gasteiger partial charge on any atom is 0.119 e. The average molecular weight is 261 g/mol. The third kappa shape index (κ3) is 3.59. The third-order valence-electron chi connectivity index (χ3n) is 2.93. The molecule has 18 heavy (non-hydrogen) atoms. The van der Waals surface area contributed by atoms with Crippen molar-refractivity contribution in [1.82, 2.24) is 5.32 Å². The summed E-state index contributed by atoms with van der Waals surface area (Å²) in [5, 5.41) is 5.44. The van der Waals surface area contributed by atoms with Gasteiger partial charge in [-0.2, -0.15) is 0 Å². The van der Waals surface area contributed by atoms with E-state index in [-0.39, 0.29) is 0 Å².